The van der Waals surface area contributed by atoms with E-state index in [0.29, 0.717) is 11.6 Å². The van der Waals surface area contributed by atoms with Crippen LogP contribution in [0.15, 0.2) is 53.0 Å². The van der Waals surface area contributed by atoms with Gasteiger partial charge in [0.2, 0.25) is 5.88 Å². The number of aliphatic hydroxyl groups is 1. The van der Waals surface area contributed by atoms with E-state index in [-0.39, 0.29) is 19.4 Å². The van der Waals surface area contributed by atoms with Crippen LogP contribution in [0.2, 0.25) is 0 Å². The van der Waals surface area contributed by atoms with Gasteiger partial charge in [-0.05, 0) is 24.5 Å². The van der Waals surface area contributed by atoms with Gasteiger partial charge in [-0.15, -0.1) is 10.2 Å². The van der Waals surface area contributed by atoms with Crippen LogP contribution < -0.4 is 10.5 Å². The monoisotopic (exact) mass is 560 g/mol. The summed E-state index contributed by atoms with van der Waals surface area (Å²) in [7, 11) is 0. The van der Waals surface area contributed by atoms with Crippen LogP contribution in [0.5, 0.6) is 5.88 Å². The van der Waals surface area contributed by atoms with Crippen LogP contribution >= 0.6 is 0 Å². The molecule has 2 atom stereocenters. The highest BCUT2D eigenvalue weighted by atomic mass is 19.4. The Bertz CT molecular complexity index is 1260. The van der Waals surface area contributed by atoms with E-state index < -0.39 is 65.3 Å². The minimum Gasteiger partial charge on any atom is -0.477 e. The lowest BCUT2D eigenvalue weighted by molar-refractivity contribution is -0.319. The molecule has 0 amide bonds. The number of hydrogen-bond donors (Lipinski definition) is 2. The molecule has 2 aromatic heterocycles. The largest absolute Gasteiger partial charge is 0.477 e. The molecule has 1 aliphatic rings. The van der Waals surface area contributed by atoms with E-state index in [1.54, 1.807) is 18.2 Å². The number of nitrogens with two attached hydrogens (primary N) is 1. The number of nitrogens with zero attached hydrogens (tertiary/aromatic N) is 3. The standard InChI is InChI=1S/C23H20F6N4O4.C2H6/c24-22(25,26)14-11-15(30)17-19-32-33-20(37-19)21(23(27,28)29,36-12-13-7-3-1-4-8-13)16(34)9-5-2-6-10-35-18(14)31-17;1-2/h1,3-5,7-9,11,16,34H,2,6,10,12,30H2;1-2H3/b9-5+;. The van der Waals surface area contributed by atoms with Gasteiger partial charge in [0.1, 0.15) is 11.7 Å². The summed E-state index contributed by atoms with van der Waals surface area (Å²) < 4.78 is 100. The first-order valence-electron chi connectivity index (χ1n) is 11.9. The molecule has 39 heavy (non-hydrogen) atoms. The second-order valence-corrected chi connectivity index (χ2v) is 8.06. The lowest BCUT2D eigenvalue weighted by atomic mass is 9.94. The molecule has 3 N–H and O–H groups in total. The summed E-state index contributed by atoms with van der Waals surface area (Å²) in [4.78, 5) is 3.73. The van der Waals surface area contributed by atoms with Crippen LogP contribution in [-0.2, 0) is 23.1 Å². The Hall–Kier alpha value is -3.65. The number of benzene rings is 1. The van der Waals surface area contributed by atoms with Crippen molar-refractivity contribution in [2.45, 2.75) is 57.4 Å². The van der Waals surface area contributed by atoms with Gasteiger partial charge in [-0.1, -0.05) is 56.3 Å². The zero-order valence-electron chi connectivity index (χ0n) is 20.9. The average Bonchev–Trinajstić information content (AvgIpc) is 3.37. The Balaban J connectivity index is 0.00000205. The fourth-order valence-corrected chi connectivity index (χ4v) is 3.61. The van der Waals surface area contributed by atoms with E-state index in [2.05, 4.69) is 15.2 Å². The molecule has 3 heterocycles. The number of alkyl halides is 6. The third-order valence-electron chi connectivity index (χ3n) is 5.49. The molecule has 0 saturated heterocycles. The highest BCUT2D eigenvalue weighted by molar-refractivity contribution is 5.68. The van der Waals surface area contributed by atoms with Gasteiger partial charge in [-0.2, -0.15) is 26.3 Å². The van der Waals surface area contributed by atoms with Crippen LogP contribution in [0.4, 0.5) is 32.0 Å². The second-order valence-electron chi connectivity index (χ2n) is 8.06. The van der Waals surface area contributed by atoms with Gasteiger partial charge in [0.15, 0.2) is 5.69 Å². The summed E-state index contributed by atoms with van der Waals surface area (Å²) in [5, 5.41) is 17.7. The Kier molecular flexibility index (Phi) is 9.22. The molecule has 4 rings (SSSR count). The van der Waals surface area contributed by atoms with Crippen molar-refractivity contribution in [1.29, 1.82) is 0 Å². The lowest BCUT2D eigenvalue weighted by Gasteiger charge is -2.35. The van der Waals surface area contributed by atoms with Crippen LogP contribution in [0, 0.1) is 0 Å². The summed E-state index contributed by atoms with van der Waals surface area (Å²) in [5.74, 6) is -2.76. The topological polar surface area (TPSA) is 117 Å². The van der Waals surface area contributed by atoms with Crippen molar-refractivity contribution < 1.29 is 45.3 Å². The quantitative estimate of drug-likeness (QED) is 0.304. The maximum Gasteiger partial charge on any atom is 0.429 e. The van der Waals surface area contributed by atoms with Gasteiger partial charge in [-0.3, -0.25) is 0 Å². The van der Waals surface area contributed by atoms with Gasteiger partial charge < -0.3 is 24.7 Å². The van der Waals surface area contributed by atoms with Crippen molar-refractivity contribution in [1.82, 2.24) is 15.2 Å². The Morgan fingerprint density at radius 3 is 2.44 bits per heavy atom. The second kappa shape index (κ2) is 12.0. The van der Waals surface area contributed by atoms with Gasteiger partial charge in [-0.25, -0.2) is 4.98 Å². The maximum absolute atomic E-state index is 14.6. The number of pyridine rings is 1. The van der Waals surface area contributed by atoms with Crippen LogP contribution in [0.1, 0.15) is 43.7 Å². The van der Waals surface area contributed by atoms with Gasteiger partial charge in [0.25, 0.3) is 17.4 Å². The number of ether oxygens (including phenoxy) is 2. The van der Waals surface area contributed by atoms with Crippen molar-refractivity contribution in [2.75, 3.05) is 12.3 Å². The molecule has 0 radical (unpaired) electrons. The highest BCUT2D eigenvalue weighted by Gasteiger charge is 2.65. The molecule has 4 bridgehead atoms. The van der Waals surface area contributed by atoms with E-state index in [1.807, 2.05) is 13.8 Å². The predicted octanol–water partition coefficient (Wildman–Crippen LogP) is 5.82. The van der Waals surface area contributed by atoms with Crippen molar-refractivity contribution in [3.63, 3.8) is 0 Å². The first kappa shape index (κ1) is 29.9. The Morgan fingerprint density at radius 2 is 1.79 bits per heavy atom. The van der Waals surface area contributed by atoms with Crippen molar-refractivity contribution >= 4 is 5.69 Å². The average molecular weight is 560 g/mol. The van der Waals surface area contributed by atoms with Crippen molar-refractivity contribution in [3.8, 4) is 17.5 Å². The number of rotatable bonds is 3. The molecule has 0 aliphatic carbocycles. The zero-order chi connectivity index (χ0) is 28.8. The molecular formula is C25H26F6N4O4. The Morgan fingerprint density at radius 1 is 1.10 bits per heavy atom. The molecule has 3 aromatic rings. The van der Waals surface area contributed by atoms with Crippen molar-refractivity contribution in [2.24, 2.45) is 0 Å². The molecule has 1 aliphatic heterocycles. The number of aromatic nitrogens is 3. The lowest BCUT2D eigenvalue weighted by Crippen LogP contribution is -2.53. The number of aliphatic hydroxyl groups excluding tert-OH is 1. The Labute approximate surface area is 219 Å². The van der Waals surface area contributed by atoms with Gasteiger partial charge in [0, 0.05) is 0 Å². The fourth-order valence-electron chi connectivity index (χ4n) is 3.61. The third kappa shape index (κ3) is 6.33. The third-order valence-corrected chi connectivity index (χ3v) is 5.49. The van der Waals surface area contributed by atoms with Crippen LogP contribution in [0.25, 0.3) is 11.6 Å². The van der Waals surface area contributed by atoms with E-state index in [4.69, 9.17) is 19.6 Å². The summed E-state index contributed by atoms with van der Waals surface area (Å²) in [6.45, 7) is 3.14. The molecule has 0 saturated carbocycles. The minimum atomic E-state index is -5.28. The summed E-state index contributed by atoms with van der Waals surface area (Å²) >= 11 is 0. The van der Waals surface area contributed by atoms with Gasteiger partial charge >= 0.3 is 12.4 Å². The first-order valence-corrected chi connectivity index (χ1v) is 11.9. The number of hydrogen-bond acceptors (Lipinski definition) is 8. The van der Waals surface area contributed by atoms with E-state index in [0.717, 1.165) is 6.08 Å². The zero-order valence-corrected chi connectivity index (χ0v) is 20.9. The fraction of sp³-hybridized carbons (Fsp3) is 0.400. The van der Waals surface area contributed by atoms with E-state index >= 15 is 0 Å². The van der Waals surface area contributed by atoms with Crippen LogP contribution in [-0.4, -0.2) is 39.2 Å². The SMILES string of the molecule is CC.Nc1cc(C(F)(F)F)c2nc1-c1nnc(o1)C(OCc1ccccc1)(C(F)(F)F)C(O)/C=C/CCCO2. The van der Waals surface area contributed by atoms with Crippen molar-refractivity contribution in [3.05, 3.63) is 65.6 Å². The molecule has 1 aromatic carbocycles. The molecule has 0 fully saturated rings. The normalized spacial score (nSPS) is 20.7. The molecule has 2 unspecified atom stereocenters. The molecular weight excluding hydrogens is 534 g/mol. The van der Waals surface area contributed by atoms with Gasteiger partial charge in [0.05, 0.1) is 18.9 Å². The number of allylic oxidation sites excluding steroid dienone is 1. The minimum absolute atomic E-state index is 0.0575. The predicted molar refractivity (Wildman–Crippen MR) is 127 cm³/mol. The first-order chi connectivity index (χ1) is 18.4. The molecule has 14 heteroatoms. The highest BCUT2D eigenvalue weighted by Crippen LogP contribution is 2.47. The molecule has 8 nitrogen and oxygen atoms in total. The molecule has 0 spiro atoms. The summed E-state index contributed by atoms with van der Waals surface area (Å²) in [6, 6.07) is 8.39. The molecule has 212 valence electrons. The summed E-state index contributed by atoms with van der Waals surface area (Å²) in [6.07, 6.45) is -10.3. The number of fused-ring (bicyclic) bond motifs is 5. The smallest absolute Gasteiger partial charge is 0.429 e. The van der Waals surface area contributed by atoms with Crippen LogP contribution in [0.3, 0.4) is 0 Å². The number of anilines is 1. The van der Waals surface area contributed by atoms with E-state index in [1.165, 1.54) is 18.2 Å². The maximum atomic E-state index is 14.6. The number of nitrogen functional groups attached to an aromatic ring is 1. The number of halogens is 6. The summed E-state index contributed by atoms with van der Waals surface area (Å²) in [5.41, 5.74) is 0.170. The van der Waals surface area contributed by atoms with E-state index in [9.17, 15) is 31.4 Å².